The van der Waals surface area contributed by atoms with Crippen LogP contribution >= 0.6 is 11.6 Å². The van der Waals surface area contributed by atoms with Crippen LogP contribution in [0.1, 0.15) is 31.0 Å². The number of esters is 1. The zero-order valence-electron chi connectivity index (χ0n) is 20.4. The summed E-state index contributed by atoms with van der Waals surface area (Å²) in [5, 5.41) is 3.81. The van der Waals surface area contributed by atoms with E-state index in [0.717, 1.165) is 54.6 Å². The molecule has 2 aromatic carbocycles. The van der Waals surface area contributed by atoms with Crippen LogP contribution in [0.15, 0.2) is 65.9 Å². The van der Waals surface area contributed by atoms with Crippen molar-refractivity contribution in [3.63, 3.8) is 0 Å². The van der Waals surface area contributed by atoms with Crippen molar-refractivity contribution in [3.05, 3.63) is 82.0 Å². The number of amides is 2. The maximum Gasteiger partial charge on any atom is 0.338 e. The van der Waals surface area contributed by atoms with Crippen LogP contribution in [0.2, 0.25) is 5.02 Å². The van der Waals surface area contributed by atoms with Gasteiger partial charge in [-0.15, -0.1) is 0 Å². The molecule has 0 saturated carbocycles. The molecule has 0 unspecified atom stereocenters. The molecular formula is C27H33ClN4O3. The third-order valence-corrected chi connectivity index (χ3v) is 6.94. The number of halogens is 1. The molecule has 2 aliphatic rings. The zero-order valence-corrected chi connectivity index (χ0v) is 21.1. The van der Waals surface area contributed by atoms with Gasteiger partial charge in [0.1, 0.15) is 0 Å². The molecule has 35 heavy (non-hydrogen) atoms. The lowest BCUT2D eigenvalue weighted by atomic mass is 9.94. The highest BCUT2D eigenvalue weighted by molar-refractivity contribution is 6.31. The summed E-state index contributed by atoms with van der Waals surface area (Å²) < 4.78 is 5.46. The minimum Gasteiger partial charge on any atom is -0.463 e. The molecule has 4 rings (SSSR count). The van der Waals surface area contributed by atoms with Crippen LogP contribution in [0.4, 0.5) is 4.79 Å². The second-order valence-corrected chi connectivity index (χ2v) is 9.17. The Morgan fingerprint density at radius 1 is 0.971 bits per heavy atom. The van der Waals surface area contributed by atoms with Gasteiger partial charge in [0.2, 0.25) is 0 Å². The molecule has 0 spiro atoms. The van der Waals surface area contributed by atoms with E-state index in [1.165, 1.54) is 0 Å². The van der Waals surface area contributed by atoms with Gasteiger partial charge in [0.25, 0.3) is 0 Å². The highest BCUT2D eigenvalue weighted by Gasteiger charge is 2.38. The molecule has 0 radical (unpaired) electrons. The number of hydrogen-bond acceptors (Lipinski definition) is 5. The van der Waals surface area contributed by atoms with Crippen LogP contribution in [0, 0.1) is 0 Å². The highest BCUT2D eigenvalue weighted by atomic mass is 35.5. The molecule has 2 heterocycles. The van der Waals surface area contributed by atoms with Crippen molar-refractivity contribution in [1.82, 2.24) is 20.0 Å². The van der Waals surface area contributed by atoms with Crippen molar-refractivity contribution < 1.29 is 14.3 Å². The molecule has 2 aromatic rings. The van der Waals surface area contributed by atoms with Crippen molar-refractivity contribution in [2.24, 2.45) is 0 Å². The molecule has 1 atom stereocenters. The Balaban J connectivity index is 1.56. The van der Waals surface area contributed by atoms with E-state index in [4.69, 9.17) is 16.3 Å². The van der Waals surface area contributed by atoms with E-state index >= 15 is 0 Å². The highest BCUT2D eigenvalue weighted by Crippen LogP contribution is 2.32. The maximum atomic E-state index is 13.2. The summed E-state index contributed by atoms with van der Waals surface area (Å²) in [6.07, 6.45) is 0. The van der Waals surface area contributed by atoms with Gasteiger partial charge in [-0.2, -0.15) is 0 Å². The predicted molar refractivity (Wildman–Crippen MR) is 137 cm³/mol. The number of rotatable bonds is 8. The first-order chi connectivity index (χ1) is 17.0. The van der Waals surface area contributed by atoms with E-state index in [0.29, 0.717) is 18.7 Å². The quantitative estimate of drug-likeness (QED) is 0.558. The monoisotopic (exact) mass is 496 g/mol. The normalized spacial score (nSPS) is 19.6. The maximum absolute atomic E-state index is 13.2. The number of piperazine rings is 1. The molecule has 1 fully saturated rings. The van der Waals surface area contributed by atoms with E-state index in [2.05, 4.69) is 21.2 Å². The first-order valence-corrected chi connectivity index (χ1v) is 12.6. The van der Waals surface area contributed by atoms with Gasteiger partial charge >= 0.3 is 12.0 Å². The molecule has 0 bridgehead atoms. The number of hydrogen-bond donors (Lipinski definition) is 1. The molecule has 2 amide bonds. The lowest BCUT2D eigenvalue weighted by Crippen LogP contribution is -2.53. The second kappa shape index (κ2) is 11.7. The van der Waals surface area contributed by atoms with Crippen molar-refractivity contribution in [2.75, 3.05) is 45.9 Å². The van der Waals surface area contributed by atoms with Crippen LogP contribution in [-0.2, 0) is 16.1 Å². The van der Waals surface area contributed by atoms with Crippen LogP contribution in [-0.4, -0.2) is 72.6 Å². The summed E-state index contributed by atoms with van der Waals surface area (Å²) in [6, 6.07) is 16.8. The number of nitrogens with one attached hydrogen (secondary N) is 1. The Morgan fingerprint density at radius 2 is 1.60 bits per heavy atom. The Morgan fingerprint density at radius 3 is 2.23 bits per heavy atom. The summed E-state index contributed by atoms with van der Waals surface area (Å²) in [4.78, 5) is 32.6. The van der Waals surface area contributed by atoms with Gasteiger partial charge < -0.3 is 10.1 Å². The Bertz CT molecular complexity index is 1070. The third kappa shape index (κ3) is 5.86. The lowest BCUT2D eigenvalue weighted by molar-refractivity contribution is -0.139. The van der Waals surface area contributed by atoms with Gasteiger partial charge in [0, 0.05) is 56.5 Å². The van der Waals surface area contributed by atoms with E-state index < -0.39 is 6.04 Å². The van der Waals surface area contributed by atoms with Gasteiger partial charge in [-0.05, 0) is 31.0 Å². The standard InChI is InChI=1S/C27H33ClN4O3/c1-3-32-23(19-31-16-14-30(15-17-31)18-21-12-8-9-13-22(21)28)24(26(33)35-4-2)25(29-27(32)34)20-10-6-5-7-11-20/h5-13,25H,3-4,14-19H2,1-2H3,(H,29,34)/t25-/m0/s1. The molecule has 7 nitrogen and oxygen atoms in total. The van der Waals surface area contributed by atoms with Crippen molar-refractivity contribution >= 4 is 23.6 Å². The number of carbonyl (C=O) groups excluding carboxylic acids is 2. The Kier molecular flexibility index (Phi) is 8.44. The Hall–Kier alpha value is -2.87. The van der Waals surface area contributed by atoms with Gasteiger partial charge in [-0.1, -0.05) is 60.1 Å². The van der Waals surface area contributed by atoms with E-state index in [-0.39, 0.29) is 18.6 Å². The minimum absolute atomic E-state index is 0.193. The molecule has 8 heteroatoms. The molecule has 2 aliphatic heterocycles. The van der Waals surface area contributed by atoms with Crippen LogP contribution < -0.4 is 5.32 Å². The van der Waals surface area contributed by atoms with E-state index in [9.17, 15) is 9.59 Å². The molecule has 0 aromatic heterocycles. The zero-order chi connectivity index (χ0) is 24.8. The number of carbonyl (C=O) groups is 2. The topological polar surface area (TPSA) is 65.1 Å². The van der Waals surface area contributed by atoms with Crippen LogP contribution in [0.25, 0.3) is 0 Å². The fraction of sp³-hybridized carbons (Fsp3) is 0.407. The van der Waals surface area contributed by atoms with Gasteiger partial charge in [0.05, 0.1) is 18.2 Å². The first-order valence-electron chi connectivity index (χ1n) is 12.2. The SMILES string of the molecule is CCOC(=O)C1=C(CN2CCN(Cc3ccccc3Cl)CC2)N(CC)C(=O)N[C@H]1c1ccccc1. The third-order valence-electron chi connectivity index (χ3n) is 6.57. The number of benzene rings is 2. The fourth-order valence-electron chi connectivity index (χ4n) is 4.74. The first kappa shape index (κ1) is 25.2. The molecule has 1 N–H and O–H groups in total. The minimum atomic E-state index is -0.540. The van der Waals surface area contributed by atoms with Gasteiger partial charge in [-0.25, -0.2) is 9.59 Å². The lowest BCUT2D eigenvalue weighted by Gasteiger charge is -2.40. The fourth-order valence-corrected chi connectivity index (χ4v) is 4.93. The average molecular weight is 497 g/mol. The summed E-state index contributed by atoms with van der Waals surface area (Å²) in [6.45, 7) is 9.22. The van der Waals surface area contributed by atoms with Crippen LogP contribution in [0.5, 0.6) is 0 Å². The van der Waals surface area contributed by atoms with Gasteiger partial charge in [-0.3, -0.25) is 14.7 Å². The summed E-state index contributed by atoms with van der Waals surface area (Å²) >= 11 is 6.35. The summed E-state index contributed by atoms with van der Waals surface area (Å²) in [7, 11) is 0. The van der Waals surface area contributed by atoms with Crippen molar-refractivity contribution in [2.45, 2.75) is 26.4 Å². The largest absolute Gasteiger partial charge is 0.463 e. The van der Waals surface area contributed by atoms with Gasteiger partial charge in [0.15, 0.2) is 0 Å². The van der Waals surface area contributed by atoms with E-state index in [1.54, 1.807) is 11.8 Å². The molecular weight excluding hydrogens is 464 g/mol. The smallest absolute Gasteiger partial charge is 0.338 e. The molecule has 0 aliphatic carbocycles. The summed E-state index contributed by atoms with van der Waals surface area (Å²) in [5.41, 5.74) is 3.23. The average Bonchev–Trinajstić information content (AvgIpc) is 2.87. The van der Waals surface area contributed by atoms with E-state index in [1.807, 2.05) is 55.5 Å². The molecule has 186 valence electrons. The number of urea groups is 1. The van der Waals surface area contributed by atoms with Crippen molar-refractivity contribution in [3.8, 4) is 0 Å². The number of ether oxygens (including phenoxy) is 1. The molecule has 1 saturated heterocycles. The van der Waals surface area contributed by atoms with Crippen molar-refractivity contribution in [1.29, 1.82) is 0 Å². The van der Waals surface area contributed by atoms with Crippen LogP contribution in [0.3, 0.4) is 0 Å². The Labute approximate surface area is 212 Å². The predicted octanol–water partition coefficient (Wildman–Crippen LogP) is 4.06. The number of likely N-dealkylation sites (N-methyl/N-ethyl adjacent to an activating group) is 1. The number of nitrogens with zero attached hydrogens (tertiary/aromatic N) is 3. The summed E-state index contributed by atoms with van der Waals surface area (Å²) in [5.74, 6) is -0.382. The second-order valence-electron chi connectivity index (χ2n) is 8.76.